The van der Waals surface area contributed by atoms with Crippen LogP contribution in [-0.4, -0.2) is 17.6 Å². The molecule has 14 heavy (non-hydrogen) atoms. The maximum atomic E-state index is 4.58. The van der Waals surface area contributed by atoms with E-state index in [1.54, 1.807) is 0 Å². The summed E-state index contributed by atoms with van der Waals surface area (Å²) in [4.78, 5) is 4.58. The summed E-state index contributed by atoms with van der Waals surface area (Å²) in [7, 11) is 0. The van der Waals surface area contributed by atoms with Gasteiger partial charge in [0.1, 0.15) is 0 Å². The average Bonchev–Trinajstić information content (AvgIpc) is 2.54. The zero-order chi connectivity index (χ0) is 9.97. The molecule has 2 heteroatoms. The smallest absolute Gasteiger partial charge is 0.0917 e. The van der Waals surface area contributed by atoms with Gasteiger partial charge >= 0.3 is 0 Å². The van der Waals surface area contributed by atoms with E-state index in [9.17, 15) is 0 Å². The van der Waals surface area contributed by atoms with Crippen LogP contribution in [-0.2, 0) is 6.42 Å². The molecular weight excluding hydrogens is 172 g/mol. The second-order valence-corrected chi connectivity index (χ2v) is 4.41. The van der Waals surface area contributed by atoms with Crippen molar-refractivity contribution in [1.82, 2.24) is 4.98 Å². The molecule has 0 saturated carbocycles. The van der Waals surface area contributed by atoms with Gasteiger partial charge in [-0.15, -0.1) is 0 Å². The van der Waals surface area contributed by atoms with Crippen molar-refractivity contribution in [2.45, 2.75) is 39.2 Å². The SMILES string of the molecule is Cc1cc(C)nc(C[C@H]2CCC[NH2+]2)c1. The zero-order valence-corrected chi connectivity index (χ0v) is 9.09. The van der Waals surface area contributed by atoms with E-state index in [2.05, 4.69) is 36.3 Å². The van der Waals surface area contributed by atoms with Gasteiger partial charge in [-0.1, -0.05) is 0 Å². The summed E-state index contributed by atoms with van der Waals surface area (Å²) in [6.45, 7) is 5.53. The molecule has 0 aliphatic carbocycles. The van der Waals surface area contributed by atoms with Gasteiger partial charge in [0, 0.05) is 30.7 Å². The third-order valence-corrected chi connectivity index (χ3v) is 2.90. The van der Waals surface area contributed by atoms with Crippen molar-refractivity contribution in [2.75, 3.05) is 6.54 Å². The molecule has 76 valence electrons. The van der Waals surface area contributed by atoms with Crippen LogP contribution in [0.3, 0.4) is 0 Å². The van der Waals surface area contributed by atoms with Crippen molar-refractivity contribution in [3.05, 3.63) is 29.1 Å². The number of nitrogens with zero attached hydrogens (tertiary/aromatic N) is 1. The molecule has 1 saturated heterocycles. The van der Waals surface area contributed by atoms with Crippen molar-refractivity contribution in [2.24, 2.45) is 0 Å². The van der Waals surface area contributed by atoms with Gasteiger partial charge in [-0.05, 0) is 31.5 Å². The first-order valence-corrected chi connectivity index (χ1v) is 5.51. The Morgan fingerprint density at radius 3 is 2.93 bits per heavy atom. The summed E-state index contributed by atoms with van der Waals surface area (Å²) >= 11 is 0. The molecule has 1 aliphatic rings. The number of quaternary nitrogens is 1. The minimum absolute atomic E-state index is 0.781. The highest BCUT2D eigenvalue weighted by Gasteiger charge is 2.18. The van der Waals surface area contributed by atoms with Crippen LogP contribution in [0.25, 0.3) is 0 Å². The average molecular weight is 191 g/mol. The lowest BCUT2D eigenvalue weighted by molar-refractivity contribution is -0.669. The number of hydrogen-bond acceptors (Lipinski definition) is 1. The first-order valence-electron chi connectivity index (χ1n) is 5.51. The van der Waals surface area contributed by atoms with Crippen LogP contribution in [0.15, 0.2) is 12.1 Å². The molecule has 2 rings (SSSR count). The second kappa shape index (κ2) is 4.09. The summed E-state index contributed by atoms with van der Waals surface area (Å²) in [5.41, 5.74) is 3.76. The van der Waals surface area contributed by atoms with E-state index < -0.39 is 0 Å². The fraction of sp³-hybridized carbons (Fsp3) is 0.583. The molecule has 2 heterocycles. The molecule has 0 radical (unpaired) electrons. The summed E-state index contributed by atoms with van der Waals surface area (Å²) in [5, 5.41) is 2.46. The van der Waals surface area contributed by atoms with E-state index in [1.807, 2.05) is 0 Å². The Hall–Kier alpha value is -0.890. The highest BCUT2D eigenvalue weighted by atomic mass is 14.9. The van der Waals surface area contributed by atoms with E-state index in [-0.39, 0.29) is 0 Å². The maximum Gasteiger partial charge on any atom is 0.0917 e. The normalized spacial score (nSPS) is 21.4. The fourth-order valence-corrected chi connectivity index (χ4v) is 2.34. The molecule has 0 unspecified atom stereocenters. The number of nitrogens with two attached hydrogens (primary N) is 1. The van der Waals surface area contributed by atoms with Crippen molar-refractivity contribution in [1.29, 1.82) is 0 Å². The molecule has 0 amide bonds. The van der Waals surface area contributed by atoms with Crippen molar-refractivity contribution < 1.29 is 5.32 Å². The van der Waals surface area contributed by atoms with Crippen LogP contribution < -0.4 is 5.32 Å². The Bertz CT molecular complexity index is 294. The monoisotopic (exact) mass is 191 g/mol. The van der Waals surface area contributed by atoms with Gasteiger partial charge < -0.3 is 5.32 Å². The van der Waals surface area contributed by atoms with Crippen LogP contribution in [0, 0.1) is 13.8 Å². The molecule has 0 aromatic carbocycles. The second-order valence-electron chi connectivity index (χ2n) is 4.41. The molecule has 1 atom stereocenters. The minimum Gasteiger partial charge on any atom is -0.343 e. The lowest BCUT2D eigenvalue weighted by atomic mass is 10.1. The standard InChI is InChI=1S/C12H18N2/c1-9-6-10(2)14-12(7-9)8-11-4-3-5-13-11/h6-7,11,13H,3-5,8H2,1-2H3/p+1/t11-/m1/s1. The van der Waals surface area contributed by atoms with Gasteiger partial charge in [-0.2, -0.15) is 0 Å². The predicted octanol–water partition coefficient (Wildman–Crippen LogP) is 0.967. The third kappa shape index (κ3) is 2.32. The first-order chi connectivity index (χ1) is 6.74. The molecule has 0 spiro atoms. The zero-order valence-electron chi connectivity index (χ0n) is 9.09. The number of hydrogen-bond donors (Lipinski definition) is 1. The summed E-state index contributed by atoms with van der Waals surface area (Å²) in [6, 6.07) is 5.14. The molecule has 1 aromatic heterocycles. The van der Waals surface area contributed by atoms with Crippen molar-refractivity contribution in [3.8, 4) is 0 Å². The first kappa shape index (κ1) is 9.66. The topological polar surface area (TPSA) is 29.5 Å². The molecule has 0 bridgehead atoms. The van der Waals surface area contributed by atoms with E-state index in [1.165, 1.54) is 30.6 Å². The van der Waals surface area contributed by atoms with Crippen molar-refractivity contribution in [3.63, 3.8) is 0 Å². The summed E-state index contributed by atoms with van der Waals surface area (Å²) < 4.78 is 0. The Labute approximate surface area is 85.7 Å². The maximum absolute atomic E-state index is 4.58. The largest absolute Gasteiger partial charge is 0.343 e. The number of rotatable bonds is 2. The van der Waals surface area contributed by atoms with Gasteiger partial charge in [0.15, 0.2) is 0 Å². The van der Waals surface area contributed by atoms with Crippen LogP contribution in [0.5, 0.6) is 0 Å². The van der Waals surface area contributed by atoms with E-state index in [0.29, 0.717) is 0 Å². The Morgan fingerprint density at radius 1 is 1.43 bits per heavy atom. The third-order valence-electron chi connectivity index (χ3n) is 2.90. The highest BCUT2D eigenvalue weighted by Crippen LogP contribution is 2.09. The molecule has 1 aromatic rings. The lowest BCUT2D eigenvalue weighted by Gasteiger charge is -2.07. The van der Waals surface area contributed by atoms with Crippen molar-refractivity contribution >= 4 is 0 Å². The molecule has 1 fully saturated rings. The summed E-state index contributed by atoms with van der Waals surface area (Å²) in [6.07, 6.45) is 3.87. The number of aryl methyl sites for hydroxylation is 2. The predicted molar refractivity (Wildman–Crippen MR) is 57.2 cm³/mol. The minimum atomic E-state index is 0.781. The lowest BCUT2D eigenvalue weighted by Crippen LogP contribution is -2.87. The van der Waals surface area contributed by atoms with Crippen LogP contribution in [0.1, 0.15) is 29.8 Å². The molecule has 1 aliphatic heterocycles. The van der Waals surface area contributed by atoms with Gasteiger partial charge in [-0.3, -0.25) is 4.98 Å². The highest BCUT2D eigenvalue weighted by molar-refractivity contribution is 5.19. The van der Waals surface area contributed by atoms with E-state index in [0.717, 1.165) is 18.2 Å². The Morgan fingerprint density at radius 2 is 2.29 bits per heavy atom. The quantitative estimate of drug-likeness (QED) is 0.741. The van der Waals surface area contributed by atoms with E-state index in [4.69, 9.17) is 0 Å². The van der Waals surface area contributed by atoms with Gasteiger partial charge in [-0.25, -0.2) is 0 Å². The van der Waals surface area contributed by atoms with Crippen LogP contribution in [0.4, 0.5) is 0 Å². The molecular formula is C12H19N2+. The van der Waals surface area contributed by atoms with Crippen LogP contribution >= 0.6 is 0 Å². The number of pyridine rings is 1. The van der Waals surface area contributed by atoms with Gasteiger partial charge in [0.2, 0.25) is 0 Å². The molecule has 2 nitrogen and oxygen atoms in total. The fourth-order valence-electron chi connectivity index (χ4n) is 2.34. The summed E-state index contributed by atoms with van der Waals surface area (Å²) in [5.74, 6) is 0. The Kier molecular flexibility index (Phi) is 2.82. The van der Waals surface area contributed by atoms with Gasteiger partial charge in [0.05, 0.1) is 12.6 Å². The number of aromatic nitrogens is 1. The van der Waals surface area contributed by atoms with E-state index >= 15 is 0 Å². The Balaban J connectivity index is 2.07. The molecule has 2 N–H and O–H groups in total. The van der Waals surface area contributed by atoms with Gasteiger partial charge in [0.25, 0.3) is 0 Å². The van der Waals surface area contributed by atoms with Crippen LogP contribution in [0.2, 0.25) is 0 Å².